The molecule has 0 amide bonds. The van der Waals surface area contributed by atoms with Crippen LogP contribution in [0.25, 0.3) is 0 Å². The molecule has 0 aliphatic carbocycles. The molecule has 2 rings (SSSR count). The van der Waals surface area contributed by atoms with Crippen molar-refractivity contribution >= 4 is 23.5 Å². The first-order valence-electron chi connectivity index (χ1n) is 6.08. The number of anilines is 1. The molecule has 0 unspecified atom stereocenters. The molecule has 0 saturated heterocycles. The zero-order valence-electron chi connectivity index (χ0n) is 10.9. The van der Waals surface area contributed by atoms with Crippen LogP contribution in [0.4, 0.5) is 18.9 Å². The molecule has 0 heterocycles. The molecule has 0 aromatic heterocycles. The molecule has 5 heteroatoms. The Hall–Kier alpha value is -2.04. The average Bonchev–Trinajstić information content (AvgIpc) is 2.39. The van der Waals surface area contributed by atoms with Gasteiger partial charge in [0.15, 0.2) is 0 Å². The number of nitrogen functional groups attached to an aromatic ring is 1. The molecule has 0 radical (unpaired) electrons. The van der Waals surface area contributed by atoms with E-state index in [-0.39, 0.29) is 11.3 Å². The first-order chi connectivity index (χ1) is 9.38. The summed E-state index contributed by atoms with van der Waals surface area (Å²) in [5.74, 6) is 0. The van der Waals surface area contributed by atoms with Gasteiger partial charge in [-0.15, -0.1) is 0 Å². The fourth-order valence-electron chi connectivity index (χ4n) is 1.93. The summed E-state index contributed by atoms with van der Waals surface area (Å²) < 4.78 is 39.8. The van der Waals surface area contributed by atoms with Crippen LogP contribution in [0, 0.1) is 6.92 Å². The van der Waals surface area contributed by atoms with E-state index in [0.717, 1.165) is 12.5 Å². The second-order valence-electron chi connectivity index (χ2n) is 4.56. The van der Waals surface area contributed by atoms with Gasteiger partial charge in [0.25, 0.3) is 0 Å². The maximum absolute atomic E-state index is 13.3. The monoisotopic (exact) mass is 275 g/mol. The van der Waals surface area contributed by atoms with Crippen molar-refractivity contribution in [3.05, 3.63) is 59.7 Å². The summed E-state index contributed by atoms with van der Waals surface area (Å²) in [7, 11) is 0. The Morgan fingerprint density at radius 2 is 1.70 bits per heavy atom. The van der Waals surface area contributed by atoms with Crippen LogP contribution >= 0.6 is 0 Å². The first kappa shape index (κ1) is 14.4. The minimum atomic E-state index is -4.46. The summed E-state index contributed by atoms with van der Waals surface area (Å²) in [6.07, 6.45) is -4.46. The van der Waals surface area contributed by atoms with E-state index in [4.69, 9.17) is 5.73 Å². The number of hydrogen-bond acceptors (Lipinski definition) is 1. The van der Waals surface area contributed by atoms with Crippen LogP contribution in [0.3, 0.4) is 0 Å². The second-order valence-corrected chi connectivity index (χ2v) is 4.56. The molecule has 0 bridgehead atoms. The van der Waals surface area contributed by atoms with Gasteiger partial charge < -0.3 is 0 Å². The van der Waals surface area contributed by atoms with Crippen LogP contribution in [0.1, 0.15) is 11.1 Å². The van der Waals surface area contributed by atoms with E-state index in [1.807, 2.05) is 0 Å². The van der Waals surface area contributed by atoms with Crippen LogP contribution in [0.5, 0.6) is 0 Å². The number of aryl methyl sites for hydroxylation is 1. The number of hydrogen-bond donors (Lipinski definition) is 1. The quantitative estimate of drug-likeness (QED) is 0.661. The molecule has 0 aliphatic rings. The molecule has 2 aromatic carbocycles. The molecule has 0 atom stereocenters. The van der Waals surface area contributed by atoms with Gasteiger partial charge >= 0.3 is 115 Å². The third-order valence-electron chi connectivity index (χ3n) is 2.91. The Balaban J connectivity index is 2.60. The van der Waals surface area contributed by atoms with Crippen LogP contribution in [0.15, 0.2) is 48.5 Å². The van der Waals surface area contributed by atoms with E-state index < -0.39 is 11.6 Å². The molecule has 2 aromatic rings. The molecular weight excluding hydrogens is 262 g/mol. The predicted molar refractivity (Wildman–Crippen MR) is 77.6 cm³/mol. The number of alkyl halides is 3. The standard InChI is InChI=1S/C15H13BF3N/c1-10-7-8-13(20)12(9-10)14(15(17,18)19)16-11-5-3-2-4-6-11/h2-9H,20H2,1H3. The molecule has 2 N–H and O–H groups in total. The van der Waals surface area contributed by atoms with Crippen molar-refractivity contribution in [1.29, 1.82) is 0 Å². The Kier molecular flexibility index (Phi) is 3.97. The van der Waals surface area contributed by atoms with Gasteiger partial charge in [-0.1, -0.05) is 0 Å². The number of benzene rings is 2. The van der Waals surface area contributed by atoms with Crippen LogP contribution in [-0.4, -0.2) is 18.6 Å². The second kappa shape index (κ2) is 5.53. The van der Waals surface area contributed by atoms with Crippen molar-refractivity contribution in [2.24, 2.45) is 0 Å². The summed E-state index contributed by atoms with van der Waals surface area (Å²) >= 11 is 0. The summed E-state index contributed by atoms with van der Waals surface area (Å²) in [5.41, 5.74) is 6.32. The normalized spacial score (nSPS) is 12.1. The van der Waals surface area contributed by atoms with Crippen molar-refractivity contribution < 1.29 is 13.2 Å². The predicted octanol–water partition coefficient (Wildman–Crippen LogP) is 2.69. The van der Waals surface area contributed by atoms with Crippen LogP contribution in [-0.2, 0) is 0 Å². The third kappa shape index (κ3) is 3.29. The summed E-state index contributed by atoms with van der Waals surface area (Å²) in [4.78, 5) is 0. The van der Waals surface area contributed by atoms with Crippen molar-refractivity contribution in [3.63, 3.8) is 0 Å². The van der Waals surface area contributed by atoms with Crippen molar-refractivity contribution in [1.82, 2.24) is 0 Å². The SMILES string of the molecule is Cc1ccc(N)c(C(=Bc2ccccc2)C(F)(F)F)c1. The van der Waals surface area contributed by atoms with Gasteiger partial charge in [-0.3, -0.25) is 0 Å². The van der Waals surface area contributed by atoms with E-state index >= 15 is 0 Å². The summed E-state index contributed by atoms with van der Waals surface area (Å²) in [6.45, 7) is 2.85. The summed E-state index contributed by atoms with van der Waals surface area (Å²) in [5, 5.41) is 0. The number of halogens is 3. The number of nitrogens with two attached hydrogens (primary N) is 1. The molecule has 0 fully saturated rings. The molecule has 20 heavy (non-hydrogen) atoms. The molecule has 1 nitrogen and oxygen atoms in total. The Bertz CT molecular complexity index is 633. The molecule has 0 spiro atoms. The van der Waals surface area contributed by atoms with Crippen LogP contribution in [0.2, 0.25) is 0 Å². The van der Waals surface area contributed by atoms with Gasteiger partial charge in [-0.25, -0.2) is 0 Å². The van der Waals surface area contributed by atoms with E-state index in [1.165, 1.54) is 12.1 Å². The van der Waals surface area contributed by atoms with Crippen molar-refractivity contribution in [2.45, 2.75) is 13.1 Å². The van der Waals surface area contributed by atoms with Crippen molar-refractivity contribution in [3.8, 4) is 0 Å². The Morgan fingerprint density at radius 1 is 1.05 bits per heavy atom. The van der Waals surface area contributed by atoms with E-state index in [9.17, 15) is 13.2 Å². The first-order valence-corrected chi connectivity index (χ1v) is 6.08. The molecule has 0 aliphatic heterocycles. The fourth-order valence-corrected chi connectivity index (χ4v) is 1.93. The van der Waals surface area contributed by atoms with Gasteiger partial charge in [0.1, 0.15) is 0 Å². The topological polar surface area (TPSA) is 26.0 Å². The van der Waals surface area contributed by atoms with Gasteiger partial charge in [0.05, 0.1) is 0 Å². The molecule has 102 valence electrons. The minimum absolute atomic E-state index is 0.0151. The summed E-state index contributed by atoms with van der Waals surface area (Å²) in [6, 6.07) is 13.0. The Morgan fingerprint density at radius 3 is 2.30 bits per heavy atom. The molecular formula is C15H13BF3N. The van der Waals surface area contributed by atoms with Gasteiger partial charge in [0.2, 0.25) is 0 Å². The fraction of sp³-hybridized carbons (Fsp3) is 0.133. The van der Waals surface area contributed by atoms with E-state index in [0.29, 0.717) is 5.46 Å². The van der Waals surface area contributed by atoms with E-state index in [2.05, 4.69) is 0 Å². The molecule has 0 saturated carbocycles. The van der Waals surface area contributed by atoms with Gasteiger partial charge in [0, 0.05) is 0 Å². The van der Waals surface area contributed by atoms with Crippen LogP contribution < -0.4 is 11.2 Å². The third-order valence-corrected chi connectivity index (χ3v) is 2.91. The number of rotatable bonds is 2. The maximum atomic E-state index is 13.3. The zero-order valence-corrected chi connectivity index (χ0v) is 10.9. The van der Waals surface area contributed by atoms with Crippen molar-refractivity contribution in [2.75, 3.05) is 5.73 Å². The van der Waals surface area contributed by atoms with Gasteiger partial charge in [-0.2, -0.15) is 0 Å². The zero-order chi connectivity index (χ0) is 14.8. The van der Waals surface area contributed by atoms with E-state index in [1.54, 1.807) is 43.3 Å². The Labute approximate surface area is 116 Å². The van der Waals surface area contributed by atoms with Gasteiger partial charge in [-0.05, 0) is 0 Å². The average molecular weight is 275 g/mol.